The lowest BCUT2D eigenvalue weighted by atomic mass is 10.2. The molecule has 21 heavy (non-hydrogen) atoms. The van der Waals surface area contributed by atoms with Gasteiger partial charge in [0.15, 0.2) is 0 Å². The molecule has 0 fully saturated rings. The Labute approximate surface area is 126 Å². The maximum absolute atomic E-state index is 5.87. The molecule has 0 atom stereocenters. The summed E-state index contributed by atoms with van der Waals surface area (Å²) in [6, 6.07) is 9.98. The average molecular weight is 289 g/mol. The van der Waals surface area contributed by atoms with Crippen molar-refractivity contribution < 1.29 is 14.2 Å². The maximum atomic E-state index is 5.87. The van der Waals surface area contributed by atoms with E-state index in [0.717, 1.165) is 55.5 Å². The zero-order chi connectivity index (χ0) is 14.8. The summed E-state index contributed by atoms with van der Waals surface area (Å²) in [4.78, 5) is 4.33. The molecule has 114 valence electrons. The van der Waals surface area contributed by atoms with E-state index >= 15 is 0 Å². The largest absolute Gasteiger partial charge is 0.493 e. The lowest BCUT2D eigenvalue weighted by Gasteiger charge is -2.08. The van der Waals surface area contributed by atoms with E-state index in [1.165, 1.54) is 0 Å². The Morgan fingerprint density at radius 1 is 0.952 bits per heavy atom. The third kappa shape index (κ3) is 5.33. The number of benzene rings is 1. The van der Waals surface area contributed by atoms with Gasteiger partial charge in [0.25, 0.3) is 0 Å². The number of fused-ring (bicyclic) bond motifs is 1. The lowest BCUT2D eigenvalue weighted by Crippen LogP contribution is -2.00. The number of methoxy groups -OCH3 is 1. The normalized spacial score (nSPS) is 10.9. The number of para-hydroxylation sites is 1. The molecule has 0 saturated heterocycles. The second-order valence-corrected chi connectivity index (χ2v) is 4.90. The Kier molecular flexibility index (Phi) is 6.98. The predicted octanol–water partition coefficient (Wildman–Crippen LogP) is 3.79. The maximum Gasteiger partial charge on any atom is 0.146 e. The van der Waals surface area contributed by atoms with Gasteiger partial charge in [-0.05, 0) is 37.5 Å². The number of unbranched alkanes of at least 4 members (excludes halogenated alkanes) is 3. The molecular weight excluding hydrogens is 266 g/mol. The Morgan fingerprint density at radius 2 is 1.76 bits per heavy atom. The molecule has 0 N–H and O–H groups in total. The van der Waals surface area contributed by atoms with Crippen LogP contribution in [0.4, 0.5) is 0 Å². The molecule has 0 radical (unpaired) electrons. The summed E-state index contributed by atoms with van der Waals surface area (Å²) >= 11 is 0. The van der Waals surface area contributed by atoms with Gasteiger partial charge in [-0.1, -0.05) is 18.6 Å². The van der Waals surface area contributed by atoms with E-state index in [1.807, 2.05) is 30.3 Å². The minimum Gasteiger partial charge on any atom is -0.493 e. The number of aromatic nitrogens is 1. The molecule has 1 aromatic heterocycles. The van der Waals surface area contributed by atoms with Gasteiger partial charge in [0.2, 0.25) is 0 Å². The first kappa shape index (κ1) is 15.7. The van der Waals surface area contributed by atoms with E-state index in [-0.39, 0.29) is 0 Å². The first-order valence-corrected chi connectivity index (χ1v) is 7.45. The second-order valence-electron chi connectivity index (χ2n) is 4.90. The van der Waals surface area contributed by atoms with Gasteiger partial charge in [0.05, 0.1) is 12.1 Å². The number of pyridine rings is 1. The minimum absolute atomic E-state index is 0.387. The predicted molar refractivity (Wildman–Crippen MR) is 83.5 cm³/mol. The zero-order valence-corrected chi connectivity index (χ0v) is 12.6. The molecule has 4 nitrogen and oxygen atoms in total. The number of nitrogens with zero attached hydrogens (tertiary/aromatic N) is 1. The fourth-order valence-corrected chi connectivity index (χ4v) is 2.18. The fourth-order valence-electron chi connectivity index (χ4n) is 2.18. The summed E-state index contributed by atoms with van der Waals surface area (Å²) in [5.74, 6) is 0.920. The summed E-state index contributed by atoms with van der Waals surface area (Å²) in [5, 5.41) is 1.08. The van der Waals surface area contributed by atoms with Crippen LogP contribution in [-0.2, 0) is 9.47 Å². The van der Waals surface area contributed by atoms with Crippen molar-refractivity contribution in [2.45, 2.75) is 25.7 Å². The molecule has 0 amide bonds. The second kappa shape index (κ2) is 9.32. The number of rotatable bonds is 10. The Hall–Kier alpha value is -1.65. The Bertz CT molecular complexity index is 525. The van der Waals surface area contributed by atoms with Crippen LogP contribution in [0.1, 0.15) is 25.7 Å². The number of ether oxygens (including phenoxy) is 3. The van der Waals surface area contributed by atoms with Crippen LogP contribution in [0.5, 0.6) is 5.75 Å². The molecule has 0 aliphatic heterocycles. The van der Waals surface area contributed by atoms with E-state index < -0.39 is 0 Å². The van der Waals surface area contributed by atoms with Gasteiger partial charge in [-0.2, -0.15) is 0 Å². The summed E-state index contributed by atoms with van der Waals surface area (Å²) in [5.41, 5.74) is 0.977. The average Bonchev–Trinajstić information content (AvgIpc) is 2.53. The molecule has 0 bridgehead atoms. The first-order chi connectivity index (χ1) is 10.4. The molecule has 0 spiro atoms. The van der Waals surface area contributed by atoms with Crippen molar-refractivity contribution in [1.29, 1.82) is 0 Å². The van der Waals surface area contributed by atoms with E-state index in [0.29, 0.717) is 6.79 Å². The van der Waals surface area contributed by atoms with Crippen molar-refractivity contribution in [1.82, 2.24) is 4.98 Å². The van der Waals surface area contributed by atoms with E-state index in [9.17, 15) is 0 Å². The van der Waals surface area contributed by atoms with E-state index in [1.54, 1.807) is 13.3 Å². The molecule has 2 aromatic rings. The fraction of sp³-hybridized carbons (Fsp3) is 0.471. The lowest BCUT2D eigenvalue weighted by molar-refractivity contribution is -0.0316. The Morgan fingerprint density at radius 3 is 2.62 bits per heavy atom. The van der Waals surface area contributed by atoms with Crippen LogP contribution in [0.3, 0.4) is 0 Å². The van der Waals surface area contributed by atoms with Crippen LogP contribution in [0.2, 0.25) is 0 Å². The molecule has 0 aliphatic rings. The first-order valence-electron chi connectivity index (χ1n) is 7.45. The summed E-state index contributed by atoms with van der Waals surface area (Å²) in [7, 11) is 1.64. The van der Waals surface area contributed by atoms with Crippen molar-refractivity contribution in [2.24, 2.45) is 0 Å². The van der Waals surface area contributed by atoms with Crippen LogP contribution >= 0.6 is 0 Å². The minimum atomic E-state index is 0.387. The van der Waals surface area contributed by atoms with Crippen molar-refractivity contribution in [3.63, 3.8) is 0 Å². The van der Waals surface area contributed by atoms with Gasteiger partial charge in [-0.25, -0.2) is 0 Å². The van der Waals surface area contributed by atoms with E-state index in [2.05, 4.69) is 4.98 Å². The Balaban J connectivity index is 1.64. The van der Waals surface area contributed by atoms with Crippen LogP contribution in [-0.4, -0.2) is 32.1 Å². The quantitative estimate of drug-likeness (QED) is 0.493. The van der Waals surface area contributed by atoms with Gasteiger partial charge in [0, 0.05) is 25.3 Å². The molecule has 0 aliphatic carbocycles. The summed E-state index contributed by atoms with van der Waals surface area (Å²) in [6.45, 7) is 1.90. The zero-order valence-electron chi connectivity index (χ0n) is 12.6. The van der Waals surface area contributed by atoms with Crippen LogP contribution in [0.15, 0.2) is 36.5 Å². The van der Waals surface area contributed by atoms with Gasteiger partial charge in [0.1, 0.15) is 12.5 Å². The summed E-state index contributed by atoms with van der Waals surface area (Å²) in [6.07, 6.45) is 6.23. The molecular formula is C17H23NO3. The molecule has 4 heteroatoms. The van der Waals surface area contributed by atoms with Gasteiger partial charge in [-0.15, -0.1) is 0 Å². The standard InChI is InChI=1S/C17H23NO3/c1-19-14-20-12-6-2-3-7-13-21-17-10-11-18-16-9-5-4-8-15(16)17/h4-5,8-11H,2-3,6-7,12-14H2,1H3. The third-order valence-electron chi connectivity index (χ3n) is 3.25. The van der Waals surface area contributed by atoms with E-state index in [4.69, 9.17) is 14.2 Å². The highest BCUT2D eigenvalue weighted by atomic mass is 16.7. The van der Waals surface area contributed by atoms with Crippen molar-refractivity contribution in [3.8, 4) is 5.75 Å². The monoisotopic (exact) mass is 289 g/mol. The highest BCUT2D eigenvalue weighted by Gasteiger charge is 2.01. The van der Waals surface area contributed by atoms with Crippen molar-refractivity contribution >= 4 is 10.9 Å². The SMILES string of the molecule is COCOCCCCCCOc1ccnc2ccccc12. The van der Waals surface area contributed by atoms with Crippen LogP contribution in [0.25, 0.3) is 10.9 Å². The number of hydrogen-bond acceptors (Lipinski definition) is 4. The van der Waals surface area contributed by atoms with Gasteiger partial charge < -0.3 is 14.2 Å². The van der Waals surface area contributed by atoms with Gasteiger partial charge in [-0.3, -0.25) is 4.98 Å². The molecule has 1 heterocycles. The molecule has 0 saturated carbocycles. The molecule has 1 aromatic carbocycles. The third-order valence-corrected chi connectivity index (χ3v) is 3.25. The topological polar surface area (TPSA) is 40.6 Å². The molecule has 0 unspecified atom stereocenters. The van der Waals surface area contributed by atoms with Crippen LogP contribution < -0.4 is 4.74 Å². The van der Waals surface area contributed by atoms with Crippen molar-refractivity contribution in [2.75, 3.05) is 27.1 Å². The number of hydrogen-bond donors (Lipinski definition) is 0. The highest BCUT2D eigenvalue weighted by molar-refractivity contribution is 5.84. The van der Waals surface area contributed by atoms with Crippen LogP contribution in [0, 0.1) is 0 Å². The van der Waals surface area contributed by atoms with Crippen molar-refractivity contribution in [3.05, 3.63) is 36.5 Å². The summed E-state index contributed by atoms with van der Waals surface area (Å²) < 4.78 is 15.9. The van der Waals surface area contributed by atoms with Gasteiger partial charge >= 0.3 is 0 Å². The smallest absolute Gasteiger partial charge is 0.146 e. The molecule has 2 rings (SSSR count). The highest BCUT2D eigenvalue weighted by Crippen LogP contribution is 2.23.